The average molecular weight is 339 g/mol. The second-order valence-corrected chi connectivity index (χ2v) is 5.55. The van der Waals surface area contributed by atoms with Crippen LogP contribution in [-0.2, 0) is 11.3 Å². The summed E-state index contributed by atoms with van der Waals surface area (Å²) in [5, 5.41) is 26.6. The van der Waals surface area contributed by atoms with Crippen molar-refractivity contribution in [2.75, 3.05) is 19.8 Å². The van der Waals surface area contributed by atoms with Crippen LogP contribution in [0.5, 0.6) is 0 Å². The zero-order chi connectivity index (χ0) is 18.0. The third-order valence-electron chi connectivity index (χ3n) is 3.95. The van der Waals surface area contributed by atoms with E-state index in [1.54, 1.807) is 12.3 Å². The van der Waals surface area contributed by atoms with Gasteiger partial charge in [0.05, 0.1) is 30.8 Å². The van der Waals surface area contributed by atoms with Crippen LogP contribution < -0.4 is 11.0 Å². The van der Waals surface area contributed by atoms with Gasteiger partial charge in [-0.25, -0.2) is 4.98 Å². The molecule has 3 rings (SSSR count). The lowest BCUT2D eigenvalue weighted by Crippen LogP contribution is -2.29. The number of pyridine rings is 2. The Kier molecular flexibility index (Phi) is 4.61. The minimum atomic E-state index is -0.287. The Balaban J connectivity index is 2.32. The van der Waals surface area contributed by atoms with Crippen LogP contribution in [0, 0.1) is 23.7 Å². The van der Waals surface area contributed by atoms with Gasteiger partial charge in [-0.2, -0.15) is 5.26 Å². The first kappa shape index (κ1) is 16.8. The maximum Gasteiger partial charge on any atom is 0.267 e. The van der Waals surface area contributed by atoms with E-state index in [1.807, 2.05) is 19.1 Å². The zero-order valence-electron chi connectivity index (χ0n) is 13.7. The number of fused-ring (bicyclic) bond motifs is 2. The molecule has 3 aromatic heterocycles. The Labute approximate surface area is 142 Å². The Morgan fingerprint density at radius 3 is 2.92 bits per heavy atom. The maximum atomic E-state index is 12.8. The van der Waals surface area contributed by atoms with E-state index in [4.69, 9.17) is 15.3 Å². The number of rotatable bonds is 5. The Morgan fingerprint density at radius 1 is 1.40 bits per heavy atom. The molecule has 128 valence electrons. The third-order valence-corrected chi connectivity index (χ3v) is 3.95. The van der Waals surface area contributed by atoms with E-state index >= 15 is 0 Å². The number of nitriles is 1. The van der Waals surface area contributed by atoms with Crippen LogP contribution in [0.2, 0.25) is 0 Å². The normalized spacial score (nSPS) is 11.1. The summed E-state index contributed by atoms with van der Waals surface area (Å²) in [6.45, 7) is 2.42. The first-order chi connectivity index (χ1) is 12.1. The van der Waals surface area contributed by atoms with Gasteiger partial charge >= 0.3 is 0 Å². The highest BCUT2D eigenvalue weighted by molar-refractivity contribution is 5.78. The summed E-state index contributed by atoms with van der Waals surface area (Å²) in [6, 6.07) is 6.98. The van der Waals surface area contributed by atoms with E-state index in [0.717, 1.165) is 5.56 Å². The van der Waals surface area contributed by atoms with Crippen LogP contribution in [0.15, 0.2) is 29.2 Å². The lowest BCUT2D eigenvalue weighted by atomic mass is 10.2. The Bertz CT molecular complexity index is 1110. The van der Waals surface area contributed by atoms with Crippen molar-refractivity contribution >= 4 is 16.7 Å². The fourth-order valence-electron chi connectivity index (χ4n) is 2.72. The number of ether oxygens (including phenoxy) is 1. The molecule has 0 spiro atoms. The molecule has 0 atom stereocenters. The molecule has 8 nitrogen and oxygen atoms in total. The van der Waals surface area contributed by atoms with Crippen molar-refractivity contribution in [2.45, 2.75) is 13.5 Å². The molecule has 0 aliphatic heterocycles. The largest absolute Gasteiger partial charge is 0.394 e. The van der Waals surface area contributed by atoms with Gasteiger partial charge in [0.1, 0.15) is 22.9 Å². The fraction of sp³-hybridized carbons (Fsp3) is 0.294. The second kappa shape index (κ2) is 6.84. The van der Waals surface area contributed by atoms with Crippen molar-refractivity contribution in [3.63, 3.8) is 0 Å². The smallest absolute Gasteiger partial charge is 0.267 e. The molecule has 2 N–H and O–H groups in total. The molecule has 0 unspecified atom stereocenters. The van der Waals surface area contributed by atoms with Crippen molar-refractivity contribution in [1.82, 2.24) is 14.0 Å². The molecular formula is C17H17N5O3. The van der Waals surface area contributed by atoms with Crippen molar-refractivity contribution < 1.29 is 9.84 Å². The summed E-state index contributed by atoms with van der Waals surface area (Å²) in [6.07, 6.45) is 1.63. The third kappa shape index (κ3) is 2.91. The predicted molar refractivity (Wildman–Crippen MR) is 90.2 cm³/mol. The maximum absolute atomic E-state index is 12.8. The van der Waals surface area contributed by atoms with Crippen molar-refractivity contribution in [2.24, 2.45) is 0 Å². The highest BCUT2D eigenvalue weighted by Gasteiger charge is 2.14. The molecule has 25 heavy (non-hydrogen) atoms. The van der Waals surface area contributed by atoms with Gasteiger partial charge in [0.25, 0.3) is 5.56 Å². The molecule has 0 radical (unpaired) electrons. The summed E-state index contributed by atoms with van der Waals surface area (Å²) in [7, 11) is 0. The highest BCUT2D eigenvalue weighted by Crippen LogP contribution is 2.12. The van der Waals surface area contributed by atoms with Crippen molar-refractivity contribution in [3.05, 3.63) is 51.4 Å². The van der Waals surface area contributed by atoms with E-state index in [1.165, 1.54) is 15.0 Å². The Morgan fingerprint density at radius 2 is 2.20 bits per heavy atom. The number of hydrogen-bond donors (Lipinski definition) is 2. The fourth-order valence-corrected chi connectivity index (χ4v) is 2.72. The molecule has 0 saturated heterocycles. The minimum absolute atomic E-state index is 0.0209. The lowest BCUT2D eigenvalue weighted by Gasteiger charge is -2.13. The second-order valence-electron chi connectivity index (χ2n) is 5.55. The monoisotopic (exact) mass is 339 g/mol. The van der Waals surface area contributed by atoms with Crippen LogP contribution in [0.1, 0.15) is 11.1 Å². The molecule has 8 heteroatoms. The molecule has 0 saturated carbocycles. The minimum Gasteiger partial charge on any atom is -0.394 e. The number of aliphatic hydroxyl groups excluding tert-OH is 1. The first-order valence-electron chi connectivity index (χ1n) is 7.77. The molecule has 3 aromatic rings. The standard InChI is InChI=1S/C17H17N5O3/c1-11-3-2-4-22-15(11)20-16-13(17(22)24)9-12(10-18)14(19)21(16)5-7-25-8-6-23/h2-4,9,19,23H,5-8H2,1H3. The van der Waals surface area contributed by atoms with E-state index < -0.39 is 0 Å². The van der Waals surface area contributed by atoms with Gasteiger partial charge in [-0.3, -0.25) is 14.6 Å². The van der Waals surface area contributed by atoms with E-state index in [0.29, 0.717) is 11.3 Å². The van der Waals surface area contributed by atoms with Gasteiger partial charge in [0, 0.05) is 12.7 Å². The number of aryl methyl sites for hydroxylation is 1. The highest BCUT2D eigenvalue weighted by atomic mass is 16.5. The molecule has 0 aliphatic carbocycles. The molecule has 3 heterocycles. The SMILES string of the molecule is Cc1cccn2c(=O)c3cc(C#N)c(=N)n(CCOCCO)c3nc12. The van der Waals surface area contributed by atoms with Gasteiger partial charge in [-0.1, -0.05) is 6.07 Å². The molecular weight excluding hydrogens is 322 g/mol. The van der Waals surface area contributed by atoms with Gasteiger partial charge < -0.3 is 14.4 Å². The van der Waals surface area contributed by atoms with Crippen LogP contribution >= 0.6 is 0 Å². The molecule has 0 aliphatic rings. The zero-order valence-corrected chi connectivity index (χ0v) is 13.7. The van der Waals surface area contributed by atoms with E-state index in [9.17, 15) is 10.1 Å². The quantitative estimate of drug-likeness (QED) is 0.513. The number of aliphatic hydroxyl groups is 1. The Hall–Kier alpha value is -3.02. The number of hydrogen-bond acceptors (Lipinski definition) is 6. The van der Waals surface area contributed by atoms with Gasteiger partial charge in [-0.05, 0) is 24.6 Å². The number of nitrogens with one attached hydrogen (secondary N) is 1. The number of aromatic nitrogens is 3. The van der Waals surface area contributed by atoms with Crippen LogP contribution in [-0.4, -0.2) is 38.9 Å². The molecule has 0 bridgehead atoms. The van der Waals surface area contributed by atoms with Gasteiger partial charge in [0.15, 0.2) is 0 Å². The molecule has 0 fully saturated rings. The van der Waals surface area contributed by atoms with Gasteiger partial charge in [-0.15, -0.1) is 0 Å². The van der Waals surface area contributed by atoms with Crippen molar-refractivity contribution in [3.8, 4) is 6.07 Å². The van der Waals surface area contributed by atoms with E-state index in [-0.39, 0.29) is 48.4 Å². The average Bonchev–Trinajstić information content (AvgIpc) is 2.61. The molecule has 0 aromatic carbocycles. The van der Waals surface area contributed by atoms with Crippen LogP contribution in [0.3, 0.4) is 0 Å². The summed E-state index contributed by atoms with van der Waals surface area (Å²) < 4.78 is 8.20. The summed E-state index contributed by atoms with van der Waals surface area (Å²) in [4.78, 5) is 17.4. The topological polar surface area (TPSA) is 116 Å². The van der Waals surface area contributed by atoms with Crippen LogP contribution in [0.4, 0.5) is 0 Å². The summed E-state index contributed by atoms with van der Waals surface area (Å²) in [5.41, 5.74) is 1.48. The predicted octanol–water partition coefficient (Wildman–Crippen LogP) is 0.318. The summed E-state index contributed by atoms with van der Waals surface area (Å²) >= 11 is 0. The van der Waals surface area contributed by atoms with E-state index in [2.05, 4.69) is 4.98 Å². The first-order valence-corrected chi connectivity index (χ1v) is 7.77. The van der Waals surface area contributed by atoms with Gasteiger partial charge in [0.2, 0.25) is 0 Å². The van der Waals surface area contributed by atoms with Crippen LogP contribution in [0.25, 0.3) is 16.7 Å². The molecule has 0 amide bonds. The van der Waals surface area contributed by atoms with Crippen molar-refractivity contribution in [1.29, 1.82) is 10.7 Å². The summed E-state index contributed by atoms with van der Waals surface area (Å²) in [5.74, 6) is 0. The number of nitrogens with zero attached hydrogens (tertiary/aromatic N) is 4. The lowest BCUT2D eigenvalue weighted by molar-refractivity contribution is 0.0869.